The van der Waals surface area contributed by atoms with Crippen molar-refractivity contribution in [2.75, 3.05) is 6.61 Å². The zero-order valence-electron chi connectivity index (χ0n) is 3.77. The van der Waals surface area contributed by atoms with E-state index < -0.39 is 20.8 Å². The third kappa shape index (κ3) is 5.49. The molecule has 0 fully saturated rings. The summed E-state index contributed by atoms with van der Waals surface area (Å²) in [6.45, 7) is -0.730. The molecule has 0 saturated carbocycles. The summed E-state index contributed by atoms with van der Waals surface area (Å²) in [5.74, 6) is -1.26. The maximum absolute atomic E-state index is 9.57. The first-order chi connectivity index (χ1) is 3.63. The third-order valence-electron chi connectivity index (χ3n) is 0.298. The average Bonchev–Trinajstić information content (AvgIpc) is 1.61. The van der Waals surface area contributed by atoms with E-state index in [1.165, 1.54) is 0 Å². The Hall–Kier alpha value is -0.510. The normalized spacial score (nSPS) is 10.9. The Bertz CT molecular complexity index is 95.0. The maximum Gasteiger partial charge on any atom is 0.366 e. The van der Waals surface area contributed by atoms with E-state index >= 15 is 0 Å². The van der Waals surface area contributed by atoms with Crippen LogP contribution in [-0.2, 0) is 13.9 Å². The van der Waals surface area contributed by atoms with Gasteiger partial charge in [-0.3, -0.25) is 9.42 Å². The van der Waals surface area contributed by atoms with Gasteiger partial charge in [-0.25, -0.2) is 9.36 Å². The molecule has 0 heterocycles. The first-order valence-electron chi connectivity index (χ1n) is 1.64. The van der Waals surface area contributed by atoms with E-state index in [4.69, 9.17) is 10.00 Å². The summed E-state index contributed by atoms with van der Waals surface area (Å²) >= 11 is 0. The molecule has 0 bridgehead atoms. The average molecular weight is 139 g/mol. The molecule has 0 aromatic rings. The number of aliphatic carboxylic acids is 1. The lowest BCUT2D eigenvalue weighted by molar-refractivity contribution is -0.139. The Balaban J connectivity index is 3.18. The van der Waals surface area contributed by atoms with Gasteiger partial charge in [0.15, 0.2) is 6.61 Å². The molecule has 0 aliphatic rings. The van der Waals surface area contributed by atoms with Gasteiger partial charge in [-0.1, -0.05) is 0 Å². The van der Waals surface area contributed by atoms with Crippen molar-refractivity contribution in [1.29, 1.82) is 0 Å². The van der Waals surface area contributed by atoms with Crippen molar-refractivity contribution in [3.63, 3.8) is 0 Å². The van der Waals surface area contributed by atoms with Crippen molar-refractivity contribution in [2.24, 2.45) is 0 Å². The molecule has 2 N–H and O–H groups in total. The van der Waals surface area contributed by atoms with Gasteiger partial charge in [-0.15, -0.1) is 0 Å². The van der Waals surface area contributed by atoms with Crippen LogP contribution in [0.15, 0.2) is 0 Å². The van der Waals surface area contributed by atoms with E-state index in [9.17, 15) is 9.36 Å². The second kappa shape index (κ2) is 3.49. The standard InChI is InChI=1S/C2H4O5P/c3-2(4)1-7-8(5)6/h1H2,(H,3,4)(H,5,6). The second-order valence-electron chi connectivity index (χ2n) is 0.905. The lowest BCUT2D eigenvalue weighted by Gasteiger charge is -1.88. The van der Waals surface area contributed by atoms with Crippen molar-refractivity contribution >= 4 is 14.2 Å². The summed E-state index contributed by atoms with van der Waals surface area (Å²) in [6.07, 6.45) is 0. The molecule has 0 aromatic carbocycles. The molecule has 0 spiro atoms. The molecule has 0 aliphatic carbocycles. The van der Waals surface area contributed by atoms with Gasteiger partial charge in [-0.05, 0) is 0 Å². The van der Waals surface area contributed by atoms with Gasteiger partial charge < -0.3 is 5.11 Å². The van der Waals surface area contributed by atoms with Gasteiger partial charge in [0.1, 0.15) is 0 Å². The van der Waals surface area contributed by atoms with Gasteiger partial charge in [-0.2, -0.15) is 0 Å². The molecule has 1 unspecified atom stereocenters. The monoisotopic (exact) mass is 139 g/mol. The van der Waals surface area contributed by atoms with Gasteiger partial charge in [0, 0.05) is 0 Å². The molecule has 0 saturated heterocycles. The predicted octanol–water partition coefficient (Wildman–Crippen LogP) is -0.263. The lowest BCUT2D eigenvalue weighted by Crippen LogP contribution is -2.01. The molecule has 1 radical (unpaired) electrons. The summed E-state index contributed by atoms with van der Waals surface area (Å²) in [5, 5.41) is 7.80. The molecule has 0 rings (SSSR count). The summed E-state index contributed by atoms with van der Waals surface area (Å²) in [5.41, 5.74) is 0. The minimum atomic E-state index is -2.76. The Labute approximate surface area is 45.8 Å². The number of carboxylic acid groups (broad SMARTS) is 1. The number of carboxylic acids is 1. The van der Waals surface area contributed by atoms with Crippen LogP contribution < -0.4 is 0 Å². The van der Waals surface area contributed by atoms with Crippen LogP contribution >= 0.6 is 8.25 Å². The summed E-state index contributed by atoms with van der Waals surface area (Å²) in [7, 11) is -2.76. The quantitative estimate of drug-likeness (QED) is 0.526. The fourth-order valence-electron chi connectivity index (χ4n) is 0.110. The van der Waals surface area contributed by atoms with Gasteiger partial charge in [0.05, 0.1) is 0 Å². The molecule has 0 amide bonds. The molecule has 6 heteroatoms. The van der Waals surface area contributed by atoms with Crippen molar-refractivity contribution in [3.05, 3.63) is 0 Å². The largest absolute Gasteiger partial charge is 0.480 e. The maximum atomic E-state index is 9.57. The van der Waals surface area contributed by atoms with Crippen LogP contribution in [0, 0.1) is 0 Å². The van der Waals surface area contributed by atoms with E-state index in [0.717, 1.165) is 0 Å². The smallest absolute Gasteiger partial charge is 0.366 e. The summed E-state index contributed by atoms with van der Waals surface area (Å²) < 4.78 is 13.3. The van der Waals surface area contributed by atoms with Crippen molar-refractivity contribution < 1.29 is 23.9 Å². The van der Waals surface area contributed by atoms with Crippen LogP contribution in [-0.4, -0.2) is 22.6 Å². The van der Waals surface area contributed by atoms with E-state index in [0.29, 0.717) is 0 Å². The van der Waals surface area contributed by atoms with Crippen molar-refractivity contribution in [3.8, 4) is 0 Å². The molecule has 0 aromatic heterocycles. The Morgan fingerprint density at radius 1 is 1.75 bits per heavy atom. The first kappa shape index (κ1) is 7.49. The fraction of sp³-hybridized carbons (Fsp3) is 0.500. The number of hydrogen-bond donors (Lipinski definition) is 2. The molecule has 1 atom stereocenters. The topological polar surface area (TPSA) is 83.8 Å². The number of carbonyl (C=O) groups is 1. The Morgan fingerprint density at radius 2 is 2.25 bits per heavy atom. The zero-order chi connectivity index (χ0) is 6.57. The molecule has 0 aliphatic heterocycles. The van der Waals surface area contributed by atoms with Gasteiger partial charge >= 0.3 is 14.2 Å². The molecular formula is C2H4O5P. The highest BCUT2D eigenvalue weighted by Gasteiger charge is 1.98. The first-order valence-corrected chi connectivity index (χ1v) is 2.77. The predicted molar refractivity (Wildman–Crippen MR) is 23.4 cm³/mol. The summed E-state index contributed by atoms with van der Waals surface area (Å²) in [6, 6.07) is 0. The van der Waals surface area contributed by atoms with Crippen molar-refractivity contribution in [2.45, 2.75) is 0 Å². The molecule has 47 valence electrons. The molecule has 5 nitrogen and oxygen atoms in total. The SMILES string of the molecule is O=C(O)CO[P](=O)O. The van der Waals surface area contributed by atoms with E-state index in [2.05, 4.69) is 4.52 Å². The fourth-order valence-corrected chi connectivity index (χ4v) is 0.331. The van der Waals surface area contributed by atoms with Crippen LogP contribution in [0.1, 0.15) is 0 Å². The summed E-state index contributed by atoms with van der Waals surface area (Å²) in [4.78, 5) is 17.4. The van der Waals surface area contributed by atoms with Crippen LogP contribution in [0.5, 0.6) is 0 Å². The van der Waals surface area contributed by atoms with Crippen LogP contribution in [0.3, 0.4) is 0 Å². The van der Waals surface area contributed by atoms with E-state index in [-0.39, 0.29) is 0 Å². The van der Waals surface area contributed by atoms with Crippen LogP contribution in [0.25, 0.3) is 0 Å². The molecule has 8 heavy (non-hydrogen) atoms. The Kier molecular flexibility index (Phi) is 3.26. The highest BCUT2D eigenvalue weighted by Crippen LogP contribution is 2.12. The number of rotatable bonds is 3. The highest BCUT2D eigenvalue weighted by molar-refractivity contribution is 7.32. The van der Waals surface area contributed by atoms with E-state index in [1.54, 1.807) is 0 Å². The molecular weight excluding hydrogens is 135 g/mol. The van der Waals surface area contributed by atoms with E-state index in [1.807, 2.05) is 0 Å². The second-order valence-corrected chi connectivity index (χ2v) is 1.64. The van der Waals surface area contributed by atoms with Crippen molar-refractivity contribution in [1.82, 2.24) is 0 Å². The minimum Gasteiger partial charge on any atom is -0.480 e. The van der Waals surface area contributed by atoms with Gasteiger partial charge in [0.2, 0.25) is 0 Å². The van der Waals surface area contributed by atoms with Crippen LogP contribution in [0.4, 0.5) is 0 Å². The third-order valence-corrected chi connectivity index (χ3v) is 0.648. The van der Waals surface area contributed by atoms with Crippen LogP contribution in [0.2, 0.25) is 0 Å². The minimum absolute atomic E-state index is 0.730. The zero-order valence-corrected chi connectivity index (χ0v) is 4.67. The number of hydrogen-bond acceptors (Lipinski definition) is 3. The lowest BCUT2D eigenvalue weighted by atomic mass is 10.8. The van der Waals surface area contributed by atoms with Gasteiger partial charge in [0.25, 0.3) is 0 Å². The Morgan fingerprint density at radius 3 is 2.38 bits per heavy atom. The highest BCUT2D eigenvalue weighted by atomic mass is 31.1.